The number of hydrogen-bond donors (Lipinski definition) is 0. The third kappa shape index (κ3) is 3.08. The quantitative estimate of drug-likeness (QED) is 0.687. The minimum Gasteiger partial charge on any atom is -0.283 e. The molecule has 0 aliphatic carbocycles. The lowest BCUT2D eigenvalue weighted by atomic mass is 10.1. The van der Waals surface area contributed by atoms with Crippen molar-refractivity contribution in [2.45, 2.75) is 27.7 Å². The Morgan fingerprint density at radius 1 is 1.38 bits per heavy atom. The van der Waals surface area contributed by atoms with Crippen LogP contribution in [0.4, 0.5) is 8.78 Å². The van der Waals surface area contributed by atoms with Gasteiger partial charge < -0.3 is 0 Å². The van der Waals surface area contributed by atoms with Crippen LogP contribution in [-0.2, 0) is 0 Å². The van der Waals surface area contributed by atoms with Crippen LogP contribution < -0.4 is 0 Å². The number of aliphatic imine (C=N–C) groups is 2. The average molecular weight is 226 g/mol. The summed E-state index contributed by atoms with van der Waals surface area (Å²) in [5, 5.41) is 0. The molecule has 0 bridgehead atoms. The van der Waals surface area contributed by atoms with Gasteiger partial charge in [0.2, 0.25) is 5.97 Å². The molecule has 0 fully saturated rings. The van der Waals surface area contributed by atoms with E-state index < -0.39 is 11.8 Å². The van der Waals surface area contributed by atoms with Crippen molar-refractivity contribution in [2.75, 3.05) is 6.54 Å². The Hall–Kier alpha value is -1.32. The first-order valence-electron chi connectivity index (χ1n) is 5.26. The maximum atomic E-state index is 13.0. The van der Waals surface area contributed by atoms with E-state index in [1.54, 1.807) is 13.8 Å². The van der Waals surface area contributed by atoms with Gasteiger partial charge in [-0.2, -0.15) is 4.39 Å². The van der Waals surface area contributed by atoms with Gasteiger partial charge in [-0.1, -0.05) is 13.8 Å². The van der Waals surface area contributed by atoms with Gasteiger partial charge in [0.1, 0.15) is 0 Å². The van der Waals surface area contributed by atoms with Crippen molar-refractivity contribution in [1.29, 1.82) is 0 Å². The smallest absolute Gasteiger partial charge is 0.249 e. The normalized spacial score (nSPS) is 18.9. The Labute approximate surface area is 94.5 Å². The Kier molecular flexibility index (Phi) is 4.10. The summed E-state index contributed by atoms with van der Waals surface area (Å²) in [6.45, 7) is 8.20. The van der Waals surface area contributed by atoms with Crippen LogP contribution in [0.2, 0.25) is 0 Å². The number of nitrogens with zero attached hydrogens (tertiary/aromatic N) is 2. The fourth-order valence-corrected chi connectivity index (χ4v) is 1.23. The molecule has 0 aromatic rings. The van der Waals surface area contributed by atoms with E-state index in [2.05, 4.69) is 9.98 Å². The molecule has 1 heterocycles. The van der Waals surface area contributed by atoms with Gasteiger partial charge in [0, 0.05) is 12.6 Å². The molecule has 1 rings (SSSR count). The third-order valence-corrected chi connectivity index (χ3v) is 2.01. The lowest BCUT2D eigenvalue weighted by Gasteiger charge is -2.11. The van der Waals surface area contributed by atoms with Gasteiger partial charge in [-0.15, -0.1) is 0 Å². The molecule has 0 aromatic carbocycles. The zero-order chi connectivity index (χ0) is 12.3. The Balaban J connectivity index is 3.09. The first-order valence-corrected chi connectivity index (χ1v) is 5.26. The lowest BCUT2D eigenvalue weighted by Crippen LogP contribution is -2.11. The molecule has 0 spiro atoms. The van der Waals surface area contributed by atoms with Crippen molar-refractivity contribution in [2.24, 2.45) is 15.9 Å². The minimum absolute atomic E-state index is 0.373. The molecule has 1 aliphatic rings. The summed E-state index contributed by atoms with van der Waals surface area (Å²) in [5.74, 6) is -1.65. The molecule has 0 atom stereocenters. The molecule has 0 unspecified atom stereocenters. The molecule has 0 amide bonds. The van der Waals surface area contributed by atoms with Crippen molar-refractivity contribution in [3.05, 3.63) is 23.2 Å². The van der Waals surface area contributed by atoms with E-state index in [-0.39, 0.29) is 0 Å². The van der Waals surface area contributed by atoms with Gasteiger partial charge in [0.05, 0.1) is 11.4 Å². The second kappa shape index (κ2) is 5.14. The van der Waals surface area contributed by atoms with Gasteiger partial charge in [0.15, 0.2) is 5.83 Å². The van der Waals surface area contributed by atoms with E-state index in [4.69, 9.17) is 0 Å². The summed E-state index contributed by atoms with van der Waals surface area (Å²) in [7, 11) is 0. The van der Waals surface area contributed by atoms with Crippen LogP contribution in [0.25, 0.3) is 0 Å². The van der Waals surface area contributed by atoms with Gasteiger partial charge >= 0.3 is 0 Å². The highest BCUT2D eigenvalue weighted by molar-refractivity contribution is 6.16. The number of hydrogen-bond acceptors (Lipinski definition) is 2. The van der Waals surface area contributed by atoms with Gasteiger partial charge in [0.25, 0.3) is 0 Å². The van der Waals surface area contributed by atoms with Gasteiger partial charge in [-0.25, -0.2) is 9.38 Å². The number of rotatable bonds is 2. The maximum Gasteiger partial charge on any atom is 0.249 e. The summed E-state index contributed by atoms with van der Waals surface area (Å²) < 4.78 is 26.0. The van der Waals surface area contributed by atoms with E-state index in [9.17, 15) is 8.78 Å². The highest BCUT2D eigenvalue weighted by Crippen LogP contribution is 2.19. The fourth-order valence-electron chi connectivity index (χ4n) is 1.23. The number of halogens is 2. The molecule has 0 radical (unpaired) electrons. The highest BCUT2D eigenvalue weighted by atomic mass is 19.2. The van der Waals surface area contributed by atoms with E-state index >= 15 is 0 Å². The summed E-state index contributed by atoms with van der Waals surface area (Å²) in [4.78, 5) is 7.82. The van der Waals surface area contributed by atoms with E-state index in [0.29, 0.717) is 23.9 Å². The van der Waals surface area contributed by atoms with Crippen molar-refractivity contribution < 1.29 is 8.78 Å². The number of dihydropyridines is 1. The van der Waals surface area contributed by atoms with Crippen LogP contribution in [-0.4, -0.2) is 18.2 Å². The van der Waals surface area contributed by atoms with Crippen molar-refractivity contribution >= 4 is 11.7 Å². The van der Waals surface area contributed by atoms with Crippen LogP contribution in [0.5, 0.6) is 0 Å². The molecule has 16 heavy (non-hydrogen) atoms. The SMILES string of the molecule is CC(C)=C1N=C(F)C(F)=CC1=NCC(C)C. The first kappa shape index (κ1) is 12.7. The van der Waals surface area contributed by atoms with E-state index in [1.807, 2.05) is 13.8 Å². The predicted molar refractivity (Wildman–Crippen MR) is 63.2 cm³/mol. The lowest BCUT2D eigenvalue weighted by molar-refractivity contribution is 0.637. The second-order valence-electron chi connectivity index (χ2n) is 4.36. The Morgan fingerprint density at radius 3 is 2.50 bits per heavy atom. The van der Waals surface area contributed by atoms with Crippen LogP contribution >= 0.6 is 0 Å². The molecule has 0 N–H and O–H groups in total. The summed E-state index contributed by atoms with van der Waals surface area (Å²) in [5.41, 5.74) is 1.67. The standard InChI is InChI=1S/C12H16F2N2/c1-7(2)6-15-10-5-9(13)12(14)16-11(10)8(3)4/h5,7H,6H2,1-4H3. The zero-order valence-electron chi connectivity index (χ0n) is 10.0. The molecule has 1 aliphatic heterocycles. The summed E-state index contributed by atoms with van der Waals surface area (Å²) >= 11 is 0. The van der Waals surface area contributed by atoms with E-state index in [0.717, 1.165) is 11.6 Å². The van der Waals surface area contributed by atoms with E-state index in [1.165, 1.54) is 0 Å². The Bertz CT molecular complexity index is 397. The maximum absolute atomic E-state index is 13.0. The molecule has 0 saturated carbocycles. The first-order chi connectivity index (χ1) is 7.41. The predicted octanol–water partition coefficient (Wildman–Crippen LogP) is 3.61. The molecule has 2 nitrogen and oxygen atoms in total. The van der Waals surface area contributed by atoms with Crippen LogP contribution in [0, 0.1) is 5.92 Å². The van der Waals surface area contributed by atoms with Crippen molar-refractivity contribution in [3.8, 4) is 0 Å². The zero-order valence-corrected chi connectivity index (χ0v) is 10.0. The van der Waals surface area contributed by atoms with Crippen LogP contribution in [0.1, 0.15) is 27.7 Å². The fraction of sp³-hybridized carbons (Fsp3) is 0.500. The highest BCUT2D eigenvalue weighted by Gasteiger charge is 2.18. The molecule has 4 heteroatoms. The molecular formula is C12H16F2N2. The summed E-state index contributed by atoms with van der Waals surface area (Å²) in [6, 6.07) is 0. The average Bonchev–Trinajstić information content (AvgIpc) is 2.18. The van der Waals surface area contributed by atoms with Crippen molar-refractivity contribution in [1.82, 2.24) is 0 Å². The monoisotopic (exact) mass is 226 g/mol. The van der Waals surface area contributed by atoms with Gasteiger partial charge in [-0.3, -0.25) is 4.99 Å². The molecule has 0 aromatic heterocycles. The topological polar surface area (TPSA) is 24.7 Å². The van der Waals surface area contributed by atoms with Gasteiger partial charge in [-0.05, 0) is 25.3 Å². The second-order valence-corrected chi connectivity index (χ2v) is 4.36. The van der Waals surface area contributed by atoms with Crippen molar-refractivity contribution in [3.63, 3.8) is 0 Å². The largest absolute Gasteiger partial charge is 0.283 e. The van der Waals surface area contributed by atoms with Crippen LogP contribution in [0.15, 0.2) is 33.2 Å². The van der Waals surface area contributed by atoms with Crippen LogP contribution in [0.3, 0.4) is 0 Å². The summed E-state index contributed by atoms with van der Waals surface area (Å²) in [6.07, 6.45) is 1.10. The molecule has 0 saturated heterocycles. The Morgan fingerprint density at radius 2 is 2.00 bits per heavy atom. The molecule has 88 valence electrons. The third-order valence-electron chi connectivity index (χ3n) is 2.01. The molecular weight excluding hydrogens is 210 g/mol. The number of allylic oxidation sites excluding steroid dienone is 3. The minimum atomic E-state index is -1.07.